The molecule has 0 saturated carbocycles. The first kappa shape index (κ1) is 25.8. The summed E-state index contributed by atoms with van der Waals surface area (Å²) in [5.41, 5.74) is 6.03. The zero-order valence-electron chi connectivity index (χ0n) is 21.3. The van der Waals surface area contributed by atoms with Crippen LogP contribution >= 0.6 is 27.3 Å². The van der Waals surface area contributed by atoms with Crippen LogP contribution < -0.4 is 9.64 Å². The number of hydrogen-bond acceptors (Lipinski definition) is 5. The molecule has 0 fully saturated rings. The summed E-state index contributed by atoms with van der Waals surface area (Å²) in [4.78, 5) is 8.84. The van der Waals surface area contributed by atoms with Crippen LogP contribution in [0.3, 0.4) is 0 Å². The number of allylic oxidation sites excluding steroid dienone is 1. The molecule has 192 valence electrons. The molecule has 1 aliphatic rings. The summed E-state index contributed by atoms with van der Waals surface area (Å²) >= 11 is 5.51. The maximum atomic E-state index is 6.00. The molecule has 5 rings (SSSR count). The number of ether oxygens (including phenoxy) is 2. The Balaban J connectivity index is 1.39. The summed E-state index contributed by atoms with van der Waals surface area (Å²) in [6.07, 6.45) is 7.41. The van der Waals surface area contributed by atoms with Gasteiger partial charge >= 0.3 is 0 Å². The summed E-state index contributed by atoms with van der Waals surface area (Å²) < 4.78 is 14.8. The number of benzene rings is 2. The molecular formula is C30H32BrN3O2S. The Labute approximate surface area is 231 Å². The third-order valence-corrected chi connectivity index (χ3v) is 8.28. The lowest BCUT2D eigenvalue weighted by molar-refractivity contribution is 0.119. The van der Waals surface area contributed by atoms with E-state index in [0.717, 1.165) is 49.7 Å². The van der Waals surface area contributed by atoms with Crippen molar-refractivity contribution in [2.45, 2.75) is 32.4 Å². The second-order valence-corrected chi connectivity index (χ2v) is 11.6. The first-order valence-corrected chi connectivity index (χ1v) is 14.2. The smallest absolute Gasteiger partial charge is 0.206 e. The Morgan fingerprint density at radius 3 is 2.68 bits per heavy atom. The number of methoxy groups -OCH3 is 1. The van der Waals surface area contributed by atoms with Crippen molar-refractivity contribution in [2.75, 3.05) is 25.2 Å². The highest BCUT2D eigenvalue weighted by Crippen LogP contribution is 2.41. The molecule has 2 heterocycles. The molecule has 0 atom stereocenters. The van der Waals surface area contributed by atoms with E-state index in [2.05, 4.69) is 87.1 Å². The van der Waals surface area contributed by atoms with E-state index in [-0.39, 0.29) is 0 Å². The second-order valence-electron chi connectivity index (χ2n) is 9.21. The summed E-state index contributed by atoms with van der Waals surface area (Å²) in [6, 6.07) is 20.9. The Hall–Kier alpha value is -2.87. The van der Waals surface area contributed by atoms with Crippen LogP contribution in [0.25, 0.3) is 16.6 Å². The van der Waals surface area contributed by atoms with E-state index in [4.69, 9.17) is 14.5 Å². The summed E-state index contributed by atoms with van der Waals surface area (Å²) in [5.74, 6) is 1.84. The molecule has 0 aliphatic heterocycles. The SMILES string of the molecule is COc1ccc(CN(CCCOCc2ccccc2)c2nc3c(n2C)-c2sc(Br)cc2CCC=C3)cc1. The van der Waals surface area contributed by atoms with Crippen LogP contribution in [0.15, 0.2) is 70.5 Å². The topological polar surface area (TPSA) is 39.5 Å². The molecule has 4 aromatic rings. The zero-order valence-corrected chi connectivity index (χ0v) is 23.7. The average Bonchev–Trinajstić information content (AvgIpc) is 3.43. The van der Waals surface area contributed by atoms with Gasteiger partial charge in [-0.25, -0.2) is 4.98 Å². The fraction of sp³-hybridized carbons (Fsp3) is 0.300. The Kier molecular flexibility index (Phi) is 8.44. The number of thiophene rings is 1. The summed E-state index contributed by atoms with van der Waals surface area (Å²) in [6.45, 7) is 2.93. The minimum absolute atomic E-state index is 0.636. The number of imidazole rings is 1. The van der Waals surface area contributed by atoms with E-state index in [0.29, 0.717) is 13.2 Å². The highest BCUT2D eigenvalue weighted by molar-refractivity contribution is 9.11. The van der Waals surface area contributed by atoms with Gasteiger partial charge in [0, 0.05) is 26.7 Å². The molecule has 0 radical (unpaired) electrons. The number of fused-ring (bicyclic) bond motifs is 3. The lowest BCUT2D eigenvalue weighted by Crippen LogP contribution is -2.27. The van der Waals surface area contributed by atoms with E-state index in [1.807, 2.05) is 18.2 Å². The molecule has 0 unspecified atom stereocenters. The fourth-order valence-corrected chi connectivity index (χ4v) is 6.50. The lowest BCUT2D eigenvalue weighted by Gasteiger charge is -2.24. The van der Waals surface area contributed by atoms with E-state index in [1.54, 1.807) is 18.4 Å². The van der Waals surface area contributed by atoms with E-state index in [1.165, 1.54) is 31.0 Å². The number of halogens is 1. The molecule has 7 heteroatoms. The van der Waals surface area contributed by atoms with Gasteiger partial charge in [0.2, 0.25) is 5.95 Å². The number of anilines is 1. The van der Waals surface area contributed by atoms with Gasteiger partial charge in [-0.1, -0.05) is 48.5 Å². The van der Waals surface area contributed by atoms with Gasteiger partial charge in [-0.15, -0.1) is 11.3 Å². The predicted molar refractivity (Wildman–Crippen MR) is 156 cm³/mol. The normalized spacial score (nSPS) is 12.5. The van der Waals surface area contributed by atoms with Gasteiger partial charge < -0.3 is 18.9 Å². The lowest BCUT2D eigenvalue weighted by atomic mass is 10.1. The van der Waals surface area contributed by atoms with E-state index < -0.39 is 0 Å². The molecule has 0 spiro atoms. The van der Waals surface area contributed by atoms with Crippen LogP contribution in [0.1, 0.15) is 35.2 Å². The molecule has 2 aromatic carbocycles. The molecule has 0 N–H and O–H groups in total. The average molecular weight is 579 g/mol. The van der Waals surface area contributed by atoms with Crippen LogP contribution in [0, 0.1) is 0 Å². The molecule has 1 aliphatic carbocycles. The van der Waals surface area contributed by atoms with Crippen LogP contribution in [0.2, 0.25) is 0 Å². The van der Waals surface area contributed by atoms with Crippen molar-refractivity contribution in [1.82, 2.24) is 9.55 Å². The van der Waals surface area contributed by atoms with Gasteiger partial charge in [-0.3, -0.25) is 0 Å². The van der Waals surface area contributed by atoms with Gasteiger partial charge in [-0.05, 0) is 76.2 Å². The van der Waals surface area contributed by atoms with Gasteiger partial charge in [-0.2, -0.15) is 0 Å². The molecule has 0 amide bonds. The van der Waals surface area contributed by atoms with Gasteiger partial charge in [0.15, 0.2) is 0 Å². The van der Waals surface area contributed by atoms with Crippen molar-refractivity contribution in [3.63, 3.8) is 0 Å². The van der Waals surface area contributed by atoms with Crippen molar-refractivity contribution >= 4 is 39.3 Å². The maximum Gasteiger partial charge on any atom is 0.206 e. The number of aryl methyl sites for hydroxylation is 1. The third-order valence-electron chi connectivity index (χ3n) is 6.59. The van der Waals surface area contributed by atoms with Crippen molar-refractivity contribution in [3.05, 3.63) is 92.9 Å². The fourth-order valence-electron chi connectivity index (χ4n) is 4.71. The molecular weight excluding hydrogens is 546 g/mol. The van der Waals surface area contributed by atoms with Crippen molar-refractivity contribution in [1.29, 1.82) is 0 Å². The monoisotopic (exact) mass is 577 g/mol. The summed E-state index contributed by atoms with van der Waals surface area (Å²) in [5, 5.41) is 0. The second kappa shape index (κ2) is 12.1. The van der Waals surface area contributed by atoms with Gasteiger partial charge in [0.25, 0.3) is 0 Å². The van der Waals surface area contributed by atoms with Crippen LogP contribution in [-0.4, -0.2) is 29.8 Å². The van der Waals surface area contributed by atoms with Crippen LogP contribution in [0.5, 0.6) is 5.75 Å². The molecule has 2 aromatic heterocycles. The van der Waals surface area contributed by atoms with E-state index in [9.17, 15) is 0 Å². The minimum atomic E-state index is 0.636. The molecule has 37 heavy (non-hydrogen) atoms. The highest BCUT2D eigenvalue weighted by Gasteiger charge is 2.24. The molecule has 0 bridgehead atoms. The zero-order chi connectivity index (χ0) is 25.6. The highest BCUT2D eigenvalue weighted by atomic mass is 79.9. The number of nitrogens with zero attached hydrogens (tertiary/aromatic N) is 3. The Morgan fingerprint density at radius 2 is 1.89 bits per heavy atom. The van der Waals surface area contributed by atoms with Crippen LogP contribution in [-0.2, 0) is 31.4 Å². The van der Waals surface area contributed by atoms with Crippen LogP contribution in [0.4, 0.5) is 5.95 Å². The number of hydrogen-bond donors (Lipinski definition) is 0. The first-order chi connectivity index (χ1) is 18.1. The largest absolute Gasteiger partial charge is 0.497 e. The maximum absolute atomic E-state index is 6.00. The quantitative estimate of drug-likeness (QED) is 0.183. The number of rotatable bonds is 10. The van der Waals surface area contributed by atoms with Crippen molar-refractivity contribution < 1.29 is 9.47 Å². The first-order valence-electron chi connectivity index (χ1n) is 12.6. The predicted octanol–water partition coefficient (Wildman–Crippen LogP) is 7.49. The Bertz CT molecular complexity index is 1350. The molecule has 5 nitrogen and oxygen atoms in total. The van der Waals surface area contributed by atoms with Crippen molar-refractivity contribution in [2.24, 2.45) is 7.05 Å². The standard InChI is InChI=1S/C30H32BrN3O2S/c1-33-28-26(12-7-6-11-24-19-27(31)37-29(24)28)32-30(33)34(20-22-13-15-25(35-2)16-14-22)17-8-18-36-21-23-9-4-3-5-10-23/h3-5,7,9-10,12-16,19H,6,8,11,17-18,20-21H2,1-2H3. The van der Waals surface area contributed by atoms with E-state index >= 15 is 0 Å². The summed E-state index contributed by atoms with van der Waals surface area (Å²) in [7, 11) is 3.84. The minimum Gasteiger partial charge on any atom is -0.497 e. The Morgan fingerprint density at radius 1 is 1.08 bits per heavy atom. The number of aromatic nitrogens is 2. The van der Waals surface area contributed by atoms with Gasteiger partial charge in [0.05, 0.1) is 33.8 Å². The third kappa shape index (κ3) is 6.17. The van der Waals surface area contributed by atoms with Crippen molar-refractivity contribution in [3.8, 4) is 16.3 Å². The molecule has 0 saturated heterocycles. The van der Waals surface area contributed by atoms with Gasteiger partial charge in [0.1, 0.15) is 5.75 Å².